The number of nitrogens with one attached hydrogen (secondary N) is 1. The highest BCUT2D eigenvalue weighted by Gasteiger charge is 2.30. The Labute approximate surface area is 194 Å². The van der Waals surface area contributed by atoms with Crippen molar-refractivity contribution < 1.29 is 19.1 Å². The van der Waals surface area contributed by atoms with Crippen molar-refractivity contribution in [2.75, 3.05) is 25.6 Å². The maximum atomic E-state index is 12.7. The predicted octanol–water partition coefficient (Wildman–Crippen LogP) is 4.49. The highest BCUT2D eigenvalue weighted by Crippen LogP contribution is 2.30. The maximum absolute atomic E-state index is 12.7. The summed E-state index contributed by atoms with van der Waals surface area (Å²) in [6.45, 7) is 4.61. The summed E-state index contributed by atoms with van der Waals surface area (Å²) in [6, 6.07) is 11.1. The first-order chi connectivity index (χ1) is 15.9. The SMILES string of the molecule is COc1cc(/C=C2\N=C3CCCCCN3C2=O)ccc1OCC(=O)Nc1ccc(C)c(C)c1. The minimum absolute atomic E-state index is 0.0470. The van der Waals surface area contributed by atoms with Gasteiger partial charge < -0.3 is 14.8 Å². The molecule has 7 heteroatoms. The number of amides is 2. The molecule has 2 aromatic carbocycles. The Morgan fingerprint density at radius 1 is 1.09 bits per heavy atom. The third-order valence-electron chi connectivity index (χ3n) is 5.95. The summed E-state index contributed by atoms with van der Waals surface area (Å²) >= 11 is 0. The van der Waals surface area contributed by atoms with Crippen LogP contribution in [-0.2, 0) is 9.59 Å². The van der Waals surface area contributed by atoms with Gasteiger partial charge in [0.15, 0.2) is 18.1 Å². The van der Waals surface area contributed by atoms with E-state index in [2.05, 4.69) is 10.3 Å². The van der Waals surface area contributed by atoms with E-state index < -0.39 is 0 Å². The number of methoxy groups -OCH3 is 1. The van der Waals surface area contributed by atoms with Crippen molar-refractivity contribution in [1.82, 2.24) is 4.90 Å². The van der Waals surface area contributed by atoms with E-state index in [0.717, 1.165) is 54.9 Å². The van der Waals surface area contributed by atoms with Crippen LogP contribution in [0.1, 0.15) is 42.4 Å². The van der Waals surface area contributed by atoms with Crippen LogP contribution in [0.15, 0.2) is 47.1 Å². The fraction of sp³-hybridized carbons (Fsp3) is 0.346. The molecular weight excluding hydrogens is 418 g/mol. The smallest absolute Gasteiger partial charge is 0.277 e. The normalized spacial score (nSPS) is 16.8. The van der Waals surface area contributed by atoms with Gasteiger partial charge in [0, 0.05) is 18.7 Å². The van der Waals surface area contributed by atoms with Crippen LogP contribution in [0.25, 0.3) is 6.08 Å². The molecule has 1 N–H and O–H groups in total. The monoisotopic (exact) mass is 447 g/mol. The number of fused-ring (bicyclic) bond motifs is 1. The van der Waals surface area contributed by atoms with Gasteiger partial charge in [-0.15, -0.1) is 0 Å². The number of aliphatic imine (C=N–C) groups is 1. The minimum atomic E-state index is -0.258. The number of carbonyl (C=O) groups excluding carboxylic acids is 2. The van der Waals surface area contributed by atoms with Crippen molar-refractivity contribution in [1.29, 1.82) is 0 Å². The van der Waals surface area contributed by atoms with E-state index in [0.29, 0.717) is 17.2 Å². The second-order valence-electron chi connectivity index (χ2n) is 8.37. The molecule has 0 aliphatic carbocycles. The van der Waals surface area contributed by atoms with Crippen LogP contribution >= 0.6 is 0 Å². The summed E-state index contributed by atoms with van der Waals surface area (Å²) in [5.41, 5.74) is 4.23. The Balaban J connectivity index is 1.42. The Hall–Kier alpha value is -3.61. The summed E-state index contributed by atoms with van der Waals surface area (Å²) in [5, 5.41) is 2.84. The van der Waals surface area contributed by atoms with Gasteiger partial charge in [0.1, 0.15) is 11.5 Å². The number of nitrogens with zero attached hydrogens (tertiary/aromatic N) is 2. The molecule has 2 amide bonds. The molecule has 4 rings (SSSR count). The van der Waals surface area contributed by atoms with E-state index in [1.165, 1.54) is 5.56 Å². The van der Waals surface area contributed by atoms with Crippen molar-refractivity contribution in [2.45, 2.75) is 39.5 Å². The van der Waals surface area contributed by atoms with Crippen molar-refractivity contribution in [3.63, 3.8) is 0 Å². The van der Waals surface area contributed by atoms with Crippen molar-refractivity contribution >= 4 is 29.4 Å². The number of anilines is 1. The number of aryl methyl sites for hydroxylation is 2. The van der Waals surface area contributed by atoms with Crippen LogP contribution in [-0.4, -0.2) is 42.8 Å². The van der Waals surface area contributed by atoms with Crippen molar-refractivity contribution in [3.05, 3.63) is 58.8 Å². The van der Waals surface area contributed by atoms with E-state index >= 15 is 0 Å². The van der Waals surface area contributed by atoms with Gasteiger partial charge in [0.05, 0.1) is 7.11 Å². The van der Waals surface area contributed by atoms with Crippen molar-refractivity contribution in [2.24, 2.45) is 4.99 Å². The van der Waals surface area contributed by atoms with Gasteiger partial charge in [-0.2, -0.15) is 0 Å². The van der Waals surface area contributed by atoms with Gasteiger partial charge >= 0.3 is 0 Å². The second kappa shape index (κ2) is 9.90. The molecule has 0 atom stereocenters. The molecule has 7 nitrogen and oxygen atoms in total. The van der Waals surface area contributed by atoms with Gasteiger partial charge in [-0.05, 0) is 73.7 Å². The molecule has 172 valence electrons. The minimum Gasteiger partial charge on any atom is -0.493 e. The van der Waals surface area contributed by atoms with E-state index in [1.54, 1.807) is 30.2 Å². The Bertz CT molecular complexity index is 1140. The Morgan fingerprint density at radius 3 is 2.73 bits per heavy atom. The molecule has 2 heterocycles. The van der Waals surface area contributed by atoms with E-state index in [1.807, 2.05) is 38.1 Å². The number of ether oxygens (including phenoxy) is 2. The fourth-order valence-electron chi connectivity index (χ4n) is 3.96. The average Bonchev–Trinajstić information content (AvgIpc) is 2.95. The molecule has 0 unspecified atom stereocenters. The molecule has 0 bridgehead atoms. The van der Waals surface area contributed by atoms with Crippen LogP contribution < -0.4 is 14.8 Å². The fourth-order valence-corrected chi connectivity index (χ4v) is 3.96. The number of benzene rings is 2. The molecule has 1 saturated heterocycles. The highest BCUT2D eigenvalue weighted by molar-refractivity contribution is 6.14. The molecule has 0 radical (unpaired) electrons. The molecule has 0 saturated carbocycles. The van der Waals surface area contributed by atoms with E-state index in [-0.39, 0.29) is 18.4 Å². The lowest BCUT2D eigenvalue weighted by Gasteiger charge is -2.14. The zero-order valence-corrected chi connectivity index (χ0v) is 19.3. The van der Waals surface area contributed by atoms with Gasteiger partial charge in [-0.25, -0.2) is 4.99 Å². The quantitative estimate of drug-likeness (QED) is 0.662. The zero-order valence-electron chi connectivity index (χ0n) is 19.3. The van der Waals surface area contributed by atoms with E-state index in [9.17, 15) is 9.59 Å². The van der Waals surface area contributed by atoms with Gasteiger partial charge in [0.25, 0.3) is 11.8 Å². The zero-order chi connectivity index (χ0) is 23.4. The second-order valence-corrected chi connectivity index (χ2v) is 8.37. The van der Waals surface area contributed by atoms with E-state index in [4.69, 9.17) is 9.47 Å². The summed E-state index contributed by atoms with van der Waals surface area (Å²) in [4.78, 5) is 31.4. The first kappa shape index (κ1) is 22.6. The molecule has 2 aliphatic rings. The van der Waals surface area contributed by atoms with Crippen molar-refractivity contribution in [3.8, 4) is 11.5 Å². The third kappa shape index (κ3) is 5.25. The molecular formula is C26H29N3O4. The van der Waals surface area contributed by atoms with Gasteiger partial charge in [0.2, 0.25) is 0 Å². The third-order valence-corrected chi connectivity index (χ3v) is 5.95. The standard InChI is InChI=1S/C26H29N3O4/c1-17-8-10-20(13-18(17)2)27-25(30)16-33-22-11-9-19(15-23(22)32-3)14-21-26(31)29-12-6-4-5-7-24(29)28-21/h8-11,13-15H,4-7,12,16H2,1-3H3,(H,27,30)/b21-14-. The topological polar surface area (TPSA) is 80.2 Å². The first-order valence-electron chi connectivity index (χ1n) is 11.2. The number of hydrogen-bond acceptors (Lipinski definition) is 5. The molecule has 0 spiro atoms. The maximum Gasteiger partial charge on any atom is 0.277 e. The molecule has 33 heavy (non-hydrogen) atoms. The molecule has 2 aromatic rings. The summed E-state index contributed by atoms with van der Waals surface area (Å²) < 4.78 is 11.1. The van der Waals surface area contributed by atoms with Crippen LogP contribution in [0, 0.1) is 13.8 Å². The largest absolute Gasteiger partial charge is 0.493 e. The molecule has 2 aliphatic heterocycles. The summed E-state index contributed by atoms with van der Waals surface area (Å²) in [6.07, 6.45) is 5.80. The lowest BCUT2D eigenvalue weighted by molar-refractivity contribution is -0.122. The number of carbonyl (C=O) groups is 2. The lowest BCUT2D eigenvalue weighted by Crippen LogP contribution is -2.31. The van der Waals surface area contributed by atoms with Crippen LogP contribution in [0.3, 0.4) is 0 Å². The number of rotatable bonds is 6. The highest BCUT2D eigenvalue weighted by atomic mass is 16.5. The Kier molecular flexibility index (Phi) is 6.77. The predicted molar refractivity (Wildman–Crippen MR) is 129 cm³/mol. The average molecular weight is 448 g/mol. The van der Waals surface area contributed by atoms with Crippen LogP contribution in [0.2, 0.25) is 0 Å². The summed E-state index contributed by atoms with van der Waals surface area (Å²) in [7, 11) is 1.54. The number of amidine groups is 1. The molecule has 0 aromatic heterocycles. The van der Waals surface area contributed by atoms with Gasteiger partial charge in [-0.3, -0.25) is 14.5 Å². The number of hydrogen-bond donors (Lipinski definition) is 1. The summed E-state index contributed by atoms with van der Waals surface area (Å²) in [5.74, 6) is 1.50. The molecule has 1 fully saturated rings. The van der Waals surface area contributed by atoms with Crippen LogP contribution in [0.5, 0.6) is 11.5 Å². The van der Waals surface area contributed by atoms with Crippen LogP contribution in [0.4, 0.5) is 5.69 Å². The lowest BCUT2D eigenvalue weighted by atomic mass is 10.1. The first-order valence-corrected chi connectivity index (χ1v) is 11.2. The Morgan fingerprint density at radius 2 is 1.94 bits per heavy atom. The van der Waals surface area contributed by atoms with Gasteiger partial charge in [-0.1, -0.05) is 18.6 Å².